The molecule has 0 bridgehead atoms. The van der Waals surface area contributed by atoms with Crippen LogP contribution in [0.3, 0.4) is 0 Å². The van der Waals surface area contributed by atoms with Crippen molar-refractivity contribution >= 4 is 5.97 Å². The molecule has 0 aromatic carbocycles. The summed E-state index contributed by atoms with van der Waals surface area (Å²) in [7, 11) is 0. The summed E-state index contributed by atoms with van der Waals surface area (Å²) in [5.74, 6) is -0.0356. The Bertz CT molecular complexity index is 387. The third-order valence-corrected chi connectivity index (χ3v) is 2.90. The molecular formula is C11H18N4O3. The van der Waals surface area contributed by atoms with Gasteiger partial charge in [0.05, 0.1) is 19.3 Å². The third kappa shape index (κ3) is 3.51. The number of esters is 1. The molecule has 18 heavy (non-hydrogen) atoms. The molecule has 1 aromatic rings. The van der Waals surface area contributed by atoms with Crippen LogP contribution >= 0.6 is 0 Å². The molecule has 1 fully saturated rings. The van der Waals surface area contributed by atoms with Crippen molar-refractivity contribution in [2.75, 3.05) is 26.4 Å². The summed E-state index contributed by atoms with van der Waals surface area (Å²) in [6.07, 6.45) is 3.43. The van der Waals surface area contributed by atoms with Crippen molar-refractivity contribution in [3.63, 3.8) is 0 Å². The van der Waals surface area contributed by atoms with E-state index in [9.17, 15) is 4.79 Å². The maximum atomic E-state index is 11.7. The fourth-order valence-electron chi connectivity index (χ4n) is 1.81. The molecular weight excluding hydrogens is 236 g/mol. The smallest absolute Gasteiger partial charge is 0.360 e. The second kappa shape index (κ2) is 6.46. The van der Waals surface area contributed by atoms with Gasteiger partial charge < -0.3 is 15.2 Å². The standard InChI is InChI=1S/C11H18N4O3/c12-3-4-15-7-10(13-14-15)11(16)18-8-9-1-5-17-6-2-9/h7,9H,1-6,8,12H2. The van der Waals surface area contributed by atoms with E-state index >= 15 is 0 Å². The van der Waals surface area contributed by atoms with Crippen LogP contribution in [0.25, 0.3) is 0 Å². The molecule has 1 aliphatic heterocycles. The van der Waals surface area contributed by atoms with Crippen LogP contribution in [0.5, 0.6) is 0 Å². The summed E-state index contributed by atoms with van der Waals surface area (Å²) in [6.45, 7) is 2.91. The zero-order valence-corrected chi connectivity index (χ0v) is 10.2. The summed E-state index contributed by atoms with van der Waals surface area (Å²) in [5.41, 5.74) is 5.62. The molecule has 0 unspecified atom stereocenters. The quantitative estimate of drug-likeness (QED) is 0.733. The Morgan fingerprint density at radius 2 is 2.33 bits per heavy atom. The van der Waals surface area contributed by atoms with Gasteiger partial charge in [0, 0.05) is 19.8 Å². The minimum absolute atomic E-state index is 0.232. The molecule has 1 aromatic heterocycles. The van der Waals surface area contributed by atoms with Gasteiger partial charge >= 0.3 is 5.97 Å². The average molecular weight is 254 g/mol. The van der Waals surface area contributed by atoms with E-state index < -0.39 is 5.97 Å². The van der Waals surface area contributed by atoms with Crippen LogP contribution in [-0.2, 0) is 16.0 Å². The van der Waals surface area contributed by atoms with Crippen LogP contribution in [0.2, 0.25) is 0 Å². The number of nitrogens with zero attached hydrogens (tertiary/aromatic N) is 3. The van der Waals surface area contributed by atoms with Crippen molar-refractivity contribution in [1.29, 1.82) is 0 Å². The minimum Gasteiger partial charge on any atom is -0.461 e. The van der Waals surface area contributed by atoms with Gasteiger partial charge in [0.25, 0.3) is 0 Å². The largest absolute Gasteiger partial charge is 0.461 e. The van der Waals surface area contributed by atoms with Crippen LogP contribution in [0, 0.1) is 5.92 Å². The van der Waals surface area contributed by atoms with Gasteiger partial charge in [0.15, 0.2) is 5.69 Å². The molecule has 7 nitrogen and oxygen atoms in total. The normalized spacial score (nSPS) is 16.7. The highest BCUT2D eigenvalue weighted by Gasteiger charge is 2.18. The Balaban J connectivity index is 1.79. The summed E-state index contributed by atoms with van der Waals surface area (Å²) in [5, 5.41) is 7.54. The van der Waals surface area contributed by atoms with Crippen LogP contribution < -0.4 is 5.73 Å². The molecule has 0 aliphatic carbocycles. The average Bonchev–Trinajstić information content (AvgIpc) is 2.86. The van der Waals surface area contributed by atoms with Crippen LogP contribution in [-0.4, -0.2) is 47.3 Å². The van der Waals surface area contributed by atoms with Gasteiger partial charge in [0.2, 0.25) is 0 Å². The van der Waals surface area contributed by atoms with Crippen molar-refractivity contribution in [2.24, 2.45) is 11.7 Å². The lowest BCUT2D eigenvalue weighted by Gasteiger charge is -2.21. The molecule has 0 saturated carbocycles. The lowest BCUT2D eigenvalue weighted by atomic mass is 10.0. The molecule has 0 atom stereocenters. The molecule has 100 valence electrons. The summed E-state index contributed by atoms with van der Waals surface area (Å²) in [4.78, 5) is 11.7. The van der Waals surface area contributed by atoms with Crippen LogP contribution in [0.15, 0.2) is 6.20 Å². The van der Waals surface area contributed by atoms with Crippen LogP contribution in [0.4, 0.5) is 0 Å². The minimum atomic E-state index is -0.426. The van der Waals surface area contributed by atoms with E-state index in [1.807, 2.05) is 0 Å². The Morgan fingerprint density at radius 1 is 1.56 bits per heavy atom. The molecule has 2 heterocycles. The zero-order chi connectivity index (χ0) is 12.8. The third-order valence-electron chi connectivity index (χ3n) is 2.90. The molecule has 7 heteroatoms. The first-order chi connectivity index (χ1) is 8.79. The van der Waals surface area contributed by atoms with Crippen molar-refractivity contribution in [2.45, 2.75) is 19.4 Å². The maximum absolute atomic E-state index is 11.7. The first-order valence-corrected chi connectivity index (χ1v) is 6.14. The molecule has 0 radical (unpaired) electrons. The van der Waals surface area contributed by atoms with E-state index in [1.165, 1.54) is 4.68 Å². The number of ether oxygens (including phenoxy) is 2. The van der Waals surface area contributed by atoms with E-state index in [4.69, 9.17) is 15.2 Å². The fourth-order valence-corrected chi connectivity index (χ4v) is 1.81. The number of nitrogens with two attached hydrogens (primary N) is 1. The first-order valence-electron chi connectivity index (χ1n) is 6.14. The second-order valence-corrected chi connectivity index (χ2v) is 4.31. The number of aromatic nitrogens is 3. The van der Waals surface area contributed by atoms with Crippen molar-refractivity contribution in [1.82, 2.24) is 15.0 Å². The van der Waals surface area contributed by atoms with Crippen molar-refractivity contribution in [3.8, 4) is 0 Å². The maximum Gasteiger partial charge on any atom is 0.360 e. The molecule has 0 spiro atoms. The van der Waals surface area contributed by atoms with Crippen molar-refractivity contribution < 1.29 is 14.3 Å². The fraction of sp³-hybridized carbons (Fsp3) is 0.727. The van der Waals surface area contributed by atoms with Crippen LogP contribution in [0.1, 0.15) is 23.3 Å². The van der Waals surface area contributed by atoms with E-state index in [1.54, 1.807) is 6.20 Å². The van der Waals surface area contributed by atoms with Gasteiger partial charge in [-0.2, -0.15) is 0 Å². The highest BCUT2D eigenvalue weighted by atomic mass is 16.5. The number of carbonyl (C=O) groups excluding carboxylic acids is 1. The second-order valence-electron chi connectivity index (χ2n) is 4.31. The monoisotopic (exact) mass is 254 g/mol. The number of rotatable bonds is 5. The van der Waals surface area contributed by atoms with Gasteiger partial charge in [-0.3, -0.25) is 4.68 Å². The SMILES string of the molecule is NCCn1cc(C(=O)OCC2CCOCC2)nn1. The lowest BCUT2D eigenvalue weighted by molar-refractivity contribution is 0.0181. The Labute approximate surface area is 105 Å². The van der Waals surface area contributed by atoms with Crippen molar-refractivity contribution in [3.05, 3.63) is 11.9 Å². The number of carbonyl (C=O) groups is 1. The number of hydrogen-bond acceptors (Lipinski definition) is 6. The van der Waals surface area contributed by atoms with Gasteiger partial charge in [-0.05, 0) is 18.8 Å². The molecule has 1 saturated heterocycles. The predicted molar refractivity (Wildman–Crippen MR) is 62.9 cm³/mol. The van der Waals surface area contributed by atoms with Gasteiger partial charge in [-0.15, -0.1) is 5.10 Å². The molecule has 1 aliphatic rings. The Kier molecular flexibility index (Phi) is 4.66. The summed E-state index contributed by atoms with van der Waals surface area (Å²) < 4.78 is 12.0. The topological polar surface area (TPSA) is 92.3 Å². The van der Waals surface area contributed by atoms with E-state index in [0.717, 1.165) is 26.1 Å². The van der Waals surface area contributed by atoms with E-state index in [0.29, 0.717) is 25.6 Å². The highest BCUT2D eigenvalue weighted by Crippen LogP contribution is 2.15. The van der Waals surface area contributed by atoms with Gasteiger partial charge in [-0.1, -0.05) is 5.21 Å². The van der Waals surface area contributed by atoms with E-state index in [-0.39, 0.29) is 5.69 Å². The Morgan fingerprint density at radius 3 is 3.06 bits per heavy atom. The molecule has 2 rings (SSSR count). The summed E-state index contributed by atoms with van der Waals surface area (Å²) >= 11 is 0. The molecule has 0 amide bonds. The summed E-state index contributed by atoms with van der Waals surface area (Å²) in [6, 6.07) is 0. The van der Waals surface area contributed by atoms with E-state index in [2.05, 4.69) is 10.3 Å². The highest BCUT2D eigenvalue weighted by molar-refractivity contribution is 5.86. The lowest BCUT2D eigenvalue weighted by Crippen LogP contribution is -2.22. The predicted octanol–water partition coefficient (Wildman–Crippen LogP) is -0.180. The first kappa shape index (κ1) is 13.0. The Hall–Kier alpha value is -1.47. The molecule has 2 N–H and O–H groups in total. The van der Waals surface area contributed by atoms with Gasteiger partial charge in [-0.25, -0.2) is 4.79 Å². The van der Waals surface area contributed by atoms with Gasteiger partial charge in [0.1, 0.15) is 0 Å². The number of hydrogen-bond donors (Lipinski definition) is 1. The zero-order valence-electron chi connectivity index (χ0n) is 10.2.